The van der Waals surface area contributed by atoms with Crippen molar-refractivity contribution in [1.82, 2.24) is 5.32 Å². The molecule has 7 heteroatoms. The first-order valence-electron chi connectivity index (χ1n) is 8.90. The van der Waals surface area contributed by atoms with Crippen molar-refractivity contribution in [3.63, 3.8) is 0 Å². The summed E-state index contributed by atoms with van der Waals surface area (Å²) in [6.45, 7) is 11.0. The van der Waals surface area contributed by atoms with Crippen LogP contribution >= 0.6 is 0 Å². The highest BCUT2D eigenvalue weighted by molar-refractivity contribution is 5.73. The third kappa shape index (κ3) is 11.4. The zero-order valence-corrected chi connectivity index (χ0v) is 16.2. The number of carboxylic acid groups (broad SMARTS) is 1. The van der Waals surface area contributed by atoms with Gasteiger partial charge in [-0.15, -0.1) is 0 Å². The van der Waals surface area contributed by atoms with Crippen LogP contribution in [0.1, 0.15) is 60.8 Å². The van der Waals surface area contributed by atoms with E-state index in [-0.39, 0.29) is 18.4 Å². The molecule has 0 bridgehead atoms. The number of rotatable bonds is 11. The third-order valence-corrected chi connectivity index (χ3v) is 3.79. The van der Waals surface area contributed by atoms with E-state index in [0.29, 0.717) is 12.3 Å². The first-order chi connectivity index (χ1) is 11.5. The van der Waals surface area contributed by atoms with Crippen LogP contribution in [0.4, 0.5) is 4.79 Å². The molecule has 2 N–H and O–H groups in total. The van der Waals surface area contributed by atoms with Gasteiger partial charge in [0.25, 0.3) is 0 Å². The molecule has 7 nitrogen and oxygen atoms in total. The number of ether oxygens (including phenoxy) is 2. The van der Waals surface area contributed by atoms with Gasteiger partial charge in [0.2, 0.25) is 6.29 Å². The third-order valence-electron chi connectivity index (χ3n) is 3.79. The Balaban J connectivity index is 4.30. The summed E-state index contributed by atoms with van der Waals surface area (Å²) in [4.78, 5) is 34.5. The molecule has 0 aromatic carbocycles. The van der Waals surface area contributed by atoms with Crippen molar-refractivity contribution < 1.29 is 29.0 Å². The van der Waals surface area contributed by atoms with Gasteiger partial charge in [-0.3, -0.25) is 9.59 Å². The van der Waals surface area contributed by atoms with Crippen LogP contribution in [0.25, 0.3) is 0 Å². The maximum atomic E-state index is 11.7. The molecule has 0 spiro atoms. The minimum atomic E-state index is -1.02. The van der Waals surface area contributed by atoms with Gasteiger partial charge >= 0.3 is 18.0 Å². The lowest BCUT2D eigenvalue weighted by atomic mass is 9.90. The molecule has 0 fully saturated rings. The lowest BCUT2D eigenvalue weighted by Crippen LogP contribution is -2.36. The molecule has 0 rings (SSSR count). The number of esters is 1. The molecule has 0 aromatic rings. The predicted octanol–water partition coefficient (Wildman–Crippen LogP) is 3.42. The van der Waals surface area contributed by atoms with Crippen molar-refractivity contribution in [2.45, 2.75) is 67.1 Å². The van der Waals surface area contributed by atoms with Crippen LogP contribution in [-0.2, 0) is 19.1 Å². The van der Waals surface area contributed by atoms with Crippen LogP contribution in [0, 0.1) is 23.7 Å². The zero-order chi connectivity index (χ0) is 19.6. The second-order valence-corrected chi connectivity index (χ2v) is 7.29. The smallest absolute Gasteiger partial charge is 0.410 e. The number of nitrogens with one attached hydrogen (secondary N) is 1. The standard InChI is InChI=1S/C18H33NO6/c1-11(2)7-8-13(5)9-15(16(20)21)10-19-18(23)25-14(6)24-17(22)12(3)4/h11-15H,7-10H2,1-6H3,(H,19,23)(H,20,21)/t13-,14+,15+/m0/s1. The SMILES string of the molecule is CC(C)CC[C@H](C)C[C@H](CNC(=O)O[C@H](C)OC(=O)C(C)C)C(=O)O. The Morgan fingerprint density at radius 3 is 2.04 bits per heavy atom. The summed E-state index contributed by atoms with van der Waals surface area (Å²) in [6.07, 6.45) is 0.656. The van der Waals surface area contributed by atoms with Crippen LogP contribution in [-0.4, -0.2) is 36.0 Å². The quantitative estimate of drug-likeness (QED) is 0.433. The van der Waals surface area contributed by atoms with Gasteiger partial charge in [0.05, 0.1) is 11.8 Å². The maximum Gasteiger partial charge on any atom is 0.410 e. The summed E-state index contributed by atoms with van der Waals surface area (Å²) in [6, 6.07) is 0. The second-order valence-electron chi connectivity index (χ2n) is 7.29. The molecule has 0 aromatic heterocycles. The average Bonchev–Trinajstić information content (AvgIpc) is 2.48. The molecule has 0 aliphatic heterocycles. The fourth-order valence-corrected chi connectivity index (χ4v) is 2.22. The average molecular weight is 359 g/mol. The number of amides is 1. The Morgan fingerprint density at radius 1 is 0.960 bits per heavy atom. The minimum Gasteiger partial charge on any atom is -0.481 e. The van der Waals surface area contributed by atoms with E-state index in [2.05, 4.69) is 19.2 Å². The Kier molecular flexibility index (Phi) is 10.9. The normalized spacial score (nSPS) is 14.7. The monoisotopic (exact) mass is 359 g/mol. The fraction of sp³-hybridized carbons (Fsp3) is 0.833. The molecular weight excluding hydrogens is 326 g/mol. The summed E-state index contributed by atoms with van der Waals surface area (Å²) in [5.74, 6) is -1.58. The van der Waals surface area contributed by atoms with Gasteiger partial charge in [0, 0.05) is 13.5 Å². The molecule has 1 amide bonds. The summed E-state index contributed by atoms with van der Waals surface area (Å²) in [5.41, 5.74) is 0. The fourth-order valence-electron chi connectivity index (χ4n) is 2.22. The molecule has 0 aliphatic carbocycles. The Labute approximate surface area is 150 Å². The summed E-state index contributed by atoms with van der Waals surface area (Å²) < 4.78 is 9.82. The van der Waals surface area contributed by atoms with Crippen molar-refractivity contribution >= 4 is 18.0 Å². The highest BCUT2D eigenvalue weighted by atomic mass is 16.7. The van der Waals surface area contributed by atoms with E-state index < -0.39 is 30.2 Å². The first kappa shape index (κ1) is 23.2. The highest BCUT2D eigenvalue weighted by Gasteiger charge is 2.23. The maximum absolute atomic E-state index is 11.7. The molecule has 25 heavy (non-hydrogen) atoms. The Bertz CT molecular complexity index is 435. The van der Waals surface area contributed by atoms with Crippen molar-refractivity contribution in [2.24, 2.45) is 23.7 Å². The summed E-state index contributed by atoms with van der Waals surface area (Å²) in [7, 11) is 0. The predicted molar refractivity (Wildman–Crippen MR) is 93.9 cm³/mol. The van der Waals surface area contributed by atoms with Gasteiger partial charge in [0.1, 0.15) is 0 Å². The van der Waals surface area contributed by atoms with Gasteiger partial charge in [-0.25, -0.2) is 4.79 Å². The number of alkyl carbamates (subject to hydrolysis) is 1. The van der Waals surface area contributed by atoms with Crippen LogP contribution in [0.15, 0.2) is 0 Å². The van der Waals surface area contributed by atoms with Crippen LogP contribution < -0.4 is 5.32 Å². The lowest BCUT2D eigenvalue weighted by molar-refractivity contribution is -0.168. The Morgan fingerprint density at radius 2 is 1.56 bits per heavy atom. The highest BCUT2D eigenvalue weighted by Crippen LogP contribution is 2.19. The number of carbonyl (C=O) groups is 3. The molecular formula is C18H33NO6. The zero-order valence-electron chi connectivity index (χ0n) is 16.2. The van der Waals surface area contributed by atoms with E-state index in [1.165, 1.54) is 6.92 Å². The van der Waals surface area contributed by atoms with E-state index in [1.807, 2.05) is 6.92 Å². The number of carbonyl (C=O) groups excluding carboxylic acids is 2. The molecule has 0 radical (unpaired) electrons. The summed E-state index contributed by atoms with van der Waals surface area (Å²) in [5, 5.41) is 11.7. The van der Waals surface area contributed by atoms with Gasteiger partial charge in [-0.2, -0.15) is 0 Å². The Hall–Kier alpha value is -1.79. The van der Waals surface area contributed by atoms with E-state index >= 15 is 0 Å². The van der Waals surface area contributed by atoms with Gasteiger partial charge in [0.15, 0.2) is 0 Å². The van der Waals surface area contributed by atoms with Crippen molar-refractivity contribution in [3.8, 4) is 0 Å². The number of carboxylic acids is 1. The van der Waals surface area contributed by atoms with E-state index in [1.54, 1.807) is 13.8 Å². The largest absolute Gasteiger partial charge is 0.481 e. The molecule has 0 saturated carbocycles. The van der Waals surface area contributed by atoms with Crippen LogP contribution in [0.2, 0.25) is 0 Å². The topological polar surface area (TPSA) is 102 Å². The number of hydrogen-bond acceptors (Lipinski definition) is 5. The van der Waals surface area contributed by atoms with E-state index in [0.717, 1.165) is 12.8 Å². The van der Waals surface area contributed by atoms with E-state index in [4.69, 9.17) is 9.47 Å². The molecule has 0 saturated heterocycles. The second kappa shape index (κ2) is 11.7. The van der Waals surface area contributed by atoms with Gasteiger partial charge < -0.3 is 19.9 Å². The summed E-state index contributed by atoms with van der Waals surface area (Å²) >= 11 is 0. The van der Waals surface area contributed by atoms with Crippen LogP contribution in [0.5, 0.6) is 0 Å². The molecule has 0 aliphatic rings. The van der Waals surface area contributed by atoms with Crippen molar-refractivity contribution in [3.05, 3.63) is 0 Å². The molecule has 0 unspecified atom stereocenters. The molecule has 3 atom stereocenters. The van der Waals surface area contributed by atoms with E-state index in [9.17, 15) is 19.5 Å². The number of aliphatic carboxylic acids is 1. The van der Waals surface area contributed by atoms with Crippen LogP contribution in [0.3, 0.4) is 0 Å². The first-order valence-corrected chi connectivity index (χ1v) is 8.90. The minimum absolute atomic E-state index is 0.0228. The lowest BCUT2D eigenvalue weighted by Gasteiger charge is -2.20. The number of hydrogen-bond donors (Lipinski definition) is 2. The van der Waals surface area contributed by atoms with Crippen molar-refractivity contribution in [1.29, 1.82) is 0 Å². The van der Waals surface area contributed by atoms with Gasteiger partial charge in [-0.05, 0) is 18.3 Å². The molecule has 0 heterocycles. The molecule has 146 valence electrons. The van der Waals surface area contributed by atoms with Crippen molar-refractivity contribution in [2.75, 3.05) is 6.54 Å². The van der Waals surface area contributed by atoms with Gasteiger partial charge in [-0.1, -0.05) is 47.5 Å².